The van der Waals surface area contributed by atoms with Crippen LogP contribution in [0.4, 0.5) is 9.18 Å². The Labute approximate surface area is 185 Å². The third kappa shape index (κ3) is 3.88. The standard InChI is InChI=1S/C23H25FN6O2/c1-23(2,3)30(22(31)32)16-7-4-6-15(11-16)29-19-13-27-14(12-25)10-18(19)28-21(29)20-17(24)8-5-9-26-20/h5,8-10,13,15-16H,4,6-7,11H2,1-3H3,(H,31,32)/t15-,16+/m0/s1. The van der Waals surface area contributed by atoms with Crippen LogP contribution in [0.3, 0.4) is 0 Å². The number of hydrogen-bond acceptors (Lipinski definition) is 5. The van der Waals surface area contributed by atoms with Crippen molar-refractivity contribution in [1.82, 2.24) is 24.4 Å². The number of rotatable bonds is 3. The van der Waals surface area contributed by atoms with Gasteiger partial charge in [-0.1, -0.05) is 0 Å². The SMILES string of the molecule is CC(C)(C)N(C(=O)O)[C@@H]1CCC[C@H](n2c(-c3ncccc3F)nc3cc(C#N)ncc32)C1. The monoisotopic (exact) mass is 436 g/mol. The van der Waals surface area contributed by atoms with E-state index in [9.17, 15) is 19.6 Å². The highest BCUT2D eigenvalue weighted by Gasteiger charge is 2.37. The fourth-order valence-electron chi connectivity index (χ4n) is 4.74. The Hall–Kier alpha value is -3.54. The van der Waals surface area contributed by atoms with Crippen LogP contribution in [-0.4, -0.2) is 47.2 Å². The predicted octanol–water partition coefficient (Wildman–Crippen LogP) is 4.77. The van der Waals surface area contributed by atoms with Crippen molar-refractivity contribution in [3.8, 4) is 17.6 Å². The van der Waals surface area contributed by atoms with Gasteiger partial charge < -0.3 is 14.6 Å². The largest absolute Gasteiger partial charge is 0.465 e. The van der Waals surface area contributed by atoms with E-state index in [1.165, 1.54) is 23.2 Å². The van der Waals surface area contributed by atoms with Crippen LogP contribution in [0.5, 0.6) is 0 Å². The molecule has 8 nitrogen and oxygen atoms in total. The quantitative estimate of drug-likeness (QED) is 0.634. The molecule has 3 heterocycles. The Morgan fingerprint density at radius 2 is 2.12 bits per heavy atom. The molecular formula is C23H25FN6O2. The Balaban J connectivity index is 1.84. The maximum atomic E-state index is 14.7. The summed E-state index contributed by atoms with van der Waals surface area (Å²) in [5, 5.41) is 19.1. The molecule has 0 spiro atoms. The maximum absolute atomic E-state index is 14.7. The van der Waals surface area contributed by atoms with Gasteiger partial charge in [-0.05, 0) is 58.6 Å². The summed E-state index contributed by atoms with van der Waals surface area (Å²) in [6.45, 7) is 5.66. The topological polar surface area (TPSA) is 108 Å². The highest BCUT2D eigenvalue weighted by atomic mass is 19.1. The lowest BCUT2D eigenvalue weighted by atomic mass is 9.87. The van der Waals surface area contributed by atoms with E-state index in [0.29, 0.717) is 23.3 Å². The number of nitriles is 1. The van der Waals surface area contributed by atoms with Crippen molar-refractivity contribution in [2.24, 2.45) is 0 Å². The zero-order valence-corrected chi connectivity index (χ0v) is 18.3. The summed E-state index contributed by atoms with van der Waals surface area (Å²) in [6, 6.07) is 6.14. The van der Waals surface area contributed by atoms with Crippen LogP contribution in [0.2, 0.25) is 0 Å². The van der Waals surface area contributed by atoms with E-state index < -0.39 is 17.4 Å². The van der Waals surface area contributed by atoms with Gasteiger partial charge in [0.2, 0.25) is 0 Å². The average Bonchev–Trinajstić information content (AvgIpc) is 3.11. The molecule has 0 aliphatic heterocycles. The summed E-state index contributed by atoms with van der Waals surface area (Å²) in [6.07, 6.45) is 5.08. The molecule has 3 aromatic heterocycles. The number of amides is 1. The fraction of sp³-hybridized carbons (Fsp3) is 0.435. The number of aromatic nitrogens is 4. The zero-order valence-electron chi connectivity index (χ0n) is 18.3. The van der Waals surface area contributed by atoms with Crippen LogP contribution >= 0.6 is 0 Å². The minimum atomic E-state index is -0.949. The molecule has 1 N–H and O–H groups in total. The van der Waals surface area contributed by atoms with Crippen LogP contribution in [0.1, 0.15) is 58.2 Å². The lowest BCUT2D eigenvalue weighted by Crippen LogP contribution is -2.52. The van der Waals surface area contributed by atoms with Gasteiger partial charge in [-0.15, -0.1) is 0 Å². The second-order valence-electron chi connectivity index (χ2n) is 9.11. The highest BCUT2D eigenvalue weighted by Crippen LogP contribution is 2.39. The average molecular weight is 436 g/mol. The first-order chi connectivity index (χ1) is 15.2. The third-order valence-electron chi connectivity index (χ3n) is 5.94. The number of imidazole rings is 1. The normalized spacial score (nSPS) is 19.0. The molecule has 1 amide bonds. The molecule has 9 heteroatoms. The molecule has 1 aliphatic rings. The molecule has 2 atom stereocenters. The first-order valence-electron chi connectivity index (χ1n) is 10.6. The van der Waals surface area contributed by atoms with Crippen molar-refractivity contribution in [3.05, 3.63) is 42.1 Å². The number of carbonyl (C=O) groups is 1. The summed E-state index contributed by atoms with van der Waals surface area (Å²) >= 11 is 0. The first-order valence-corrected chi connectivity index (χ1v) is 10.6. The van der Waals surface area contributed by atoms with Gasteiger partial charge in [0.05, 0.1) is 17.2 Å². The van der Waals surface area contributed by atoms with E-state index in [1.54, 1.807) is 12.3 Å². The highest BCUT2D eigenvalue weighted by molar-refractivity contribution is 5.80. The summed E-state index contributed by atoms with van der Waals surface area (Å²) in [7, 11) is 0. The Bertz CT molecular complexity index is 1210. The molecule has 1 saturated carbocycles. The lowest BCUT2D eigenvalue weighted by Gasteiger charge is -2.43. The Morgan fingerprint density at radius 3 is 2.78 bits per heavy atom. The van der Waals surface area contributed by atoms with Crippen LogP contribution in [-0.2, 0) is 0 Å². The van der Waals surface area contributed by atoms with Crippen molar-refractivity contribution in [2.75, 3.05) is 0 Å². The summed E-state index contributed by atoms with van der Waals surface area (Å²) in [5.41, 5.74) is 1.00. The Morgan fingerprint density at radius 1 is 1.34 bits per heavy atom. The summed E-state index contributed by atoms with van der Waals surface area (Å²) in [5.74, 6) is -0.134. The van der Waals surface area contributed by atoms with Crippen molar-refractivity contribution < 1.29 is 14.3 Å². The van der Waals surface area contributed by atoms with Gasteiger partial charge in [0.15, 0.2) is 11.6 Å². The van der Waals surface area contributed by atoms with E-state index in [1.807, 2.05) is 31.4 Å². The predicted molar refractivity (Wildman–Crippen MR) is 116 cm³/mol. The van der Waals surface area contributed by atoms with E-state index in [2.05, 4.69) is 15.0 Å². The molecule has 3 aromatic rings. The van der Waals surface area contributed by atoms with E-state index >= 15 is 0 Å². The molecule has 166 valence electrons. The molecule has 1 aliphatic carbocycles. The molecule has 32 heavy (non-hydrogen) atoms. The second kappa shape index (κ2) is 8.19. The molecule has 0 radical (unpaired) electrons. The van der Waals surface area contributed by atoms with E-state index in [-0.39, 0.29) is 23.5 Å². The van der Waals surface area contributed by atoms with Crippen LogP contribution in [0.15, 0.2) is 30.6 Å². The van der Waals surface area contributed by atoms with E-state index in [4.69, 9.17) is 0 Å². The first kappa shape index (κ1) is 21.7. The molecule has 0 bridgehead atoms. The molecular weight excluding hydrogens is 411 g/mol. The van der Waals surface area contributed by atoms with Gasteiger partial charge in [0.25, 0.3) is 0 Å². The number of hydrogen-bond donors (Lipinski definition) is 1. The van der Waals surface area contributed by atoms with E-state index in [0.717, 1.165) is 19.3 Å². The van der Waals surface area contributed by atoms with Gasteiger partial charge in [0, 0.05) is 29.9 Å². The number of halogens is 1. The van der Waals surface area contributed by atoms with Crippen molar-refractivity contribution in [2.45, 2.75) is 64.1 Å². The van der Waals surface area contributed by atoms with Crippen molar-refractivity contribution >= 4 is 17.1 Å². The number of carboxylic acid groups (broad SMARTS) is 1. The second-order valence-corrected chi connectivity index (χ2v) is 9.11. The summed E-state index contributed by atoms with van der Waals surface area (Å²) in [4.78, 5) is 26.6. The van der Waals surface area contributed by atoms with Crippen LogP contribution < -0.4 is 0 Å². The molecule has 0 saturated heterocycles. The van der Waals surface area contributed by atoms with Crippen molar-refractivity contribution in [1.29, 1.82) is 5.26 Å². The number of fused-ring (bicyclic) bond motifs is 1. The number of pyridine rings is 2. The van der Waals surface area contributed by atoms with Gasteiger partial charge in [0.1, 0.15) is 17.5 Å². The summed E-state index contributed by atoms with van der Waals surface area (Å²) < 4.78 is 16.6. The van der Waals surface area contributed by atoms with Gasteiger partial charge in [-0.25, -0.2) is 24.1 Å². The minimum Gasteiger partial charge on any atom is -0.465 e. The van der Waals surface area contributed by atoms with Gasteiger partial charge >= 0.3 is 6.09 Å². The maximum Gasteiger partial charge on any atom is 0.407 e. The van der Waals surface area contributed by atoms with Crippen LogP contribution in [0, 0.1) is 17.1 Å². The van der Waals surface area contributed by atoms with Gasteiger partial charge in [-0.2, -0.15) is 5.26 Å². The molecule has 0 aromatic carbocycles. The third-order valence-corrected chi connectivity index (χ3v) is 5.94. The fourth-order valence-corrected chi connectivity index (χ4v) is 4.74. The van der Waals surface area contributed by atoms with Crippen LogP contribution in [0.25, 0.3) is 22.6 Å². The molecule has 1 fully saturated rings. The molecule has 0 unspecified atom stereocenters. The lowest BCUT2D eigenvalue weighted by molar-refractivity contribution is 0.0491. The zero-order chi connectivity index (χ0) is 23.0. The number of nitrogens with zero attached hydrogens (tertiary/aromatic N) is 6. The minimum absolute atomic E-state index is 0.117. The van der Waals surface area contributed by atoms with Gasteiger partial charge in [-0.3, -0.25) is 0 Å². The van der Waals surface area contributed by atoms with Crippen molar-refractivity contribution in [3.63, 3.8) is 0 Å². The smallest absolute Gasteiger partial charge is 0.407 e. The Kier molecular flexibility index (Phi) is 5.55. The molecule has 4 rings (SSSR count).